The maximum atomic E-state index is 12.5. The molecule has 3 aromatic rings. The molecule has 25 heavy (non-hydrogen) atoms. The number of anilines is 2. The maximum absolute atomic E-state index is 12.5. The molecule has 0 aliphatic carbocycles. The van der Waals surface area contributed by atoms with Crippen LogP contribution in [0.4, 0.5) is 16.2 Å². The smallest absolute Gasteiger partial charge is 0.318 e. The largest absolute Gasteiger partial charge is 0.351 e. The summed E-state index contributed by atoms with van der Waals surface area (Å²) in [5.41, 5.74) is 4.91. The highest BCUT2D eigenvalue weighted by molar-refractivity contribution is 6.06. The van der Waals surface area contributed by atoms with Crippen LogP contribution in [-0.2, 0) is 0 Å². The number of aromatic nitrogens is 1. The number of H-pyrrole nitrogens is 1. The minimum absolute atomic E-state index is 0.231. The number of urea groups is 1. The molecular formula is C19H20N4O2. The monoisotopic (exact) mass is 336 g/mol. The van der Waals surface area contributed by atoms with Crippen LogP contribution in [0.15, 0.2) is 42.5 Å². The first-order valence-electron chi connectivity index (χ1n) is 7.96. The fourth-order valence-electron chi connectivity index (χ4n) is 2.79. The average Bonchev–Trinajstić information content (AvgIpc) is 2.99. The molecule has 0 aliphatic rings. The minimum atomic E-state index is -0.315. The molecular weight excluding hydrogens is 316 g/mol. The number of hydrogen-bond acceptors (Lipinski definition) is 2. The fourth-order valence-corrected chi connectivity index (χ4v) is 2.79. The van der Waals surface area contributed by atoms with Crippen molar-refractivity contribution in [3.8, 4) is 0 Å². The summed E-state index contributed by atoms with van der Waals surface area (Å²) in [7, 11) is 1.54. The van der Waals surface area contributed by atoms with Crippen molar-refractivity contribution in [1.29, 1.82) is 0 Å². The topological polar surface area (TPSA) is 86.0 Å². The van der Waals surface area contributed by atoms with E-state index in [0.717, 1.165) is 22.0 Å². The molecule has 0 bridgehead atoms. The number of hydrogen-bond donors (Lipinski definition) is 4. The Bertz CT molecular complexity index is 959. The highest BCUT2D eigenvalue weighted by atomic mass is 16.2. The lowest BCUT2D eigenvalue weighted by Crippen LogP contribution is -2.24. The first-order valence-corrected chi connectivity index (χ1v) is 7.96. The molecule has 0 atom stereocenters. The van der Waals surface area contributed by atoms with Gasteiger partial charge in [0.2, 0.25) is 0 Å². The Balaban J connectivity index is 1.81. The van der Waals surface area contributed by atoms with E-state index in [2.05, 4.69) is 27.0 Å². The second kappa shape index (κ2) is 6.68. The highest BCUT2D eigenvalue weighted by Crippen LogP contribution is 2.22. The lowest BCUT2D eigenvalue weighted by Gasteiger charge is -2.08. The Hall–Kier alpha value is -3.28. The van der Waals surface area contributed by atoms with Crippen molar-refractivity contribution in [3.05, 3.63) is 59.3 Å². The van der Waals surface area contributed by atoms with Crippen LogP contribution in [0.2, 0.25) is 0 Å². The molecule has 3 rings (SSSR count). The number of benzene rings is 2. The molecule has 0 aliphatic heterocycles. The van der Waals surface area contributed by atoms with Crippen molar-refractivity contribution in [2.45, 2.75) is 13.8 Å². The van der Waals surface area contributed by atoms with Crippen molar-refractivity contribution in [2.75, 3.05) is 17.7 Å². The normalized spacial score (nSPS) is 10.5. The van der Waals surface area contributed by atoms with Gasteiger partial charge in [0.1, 0.15) is 5.69 Å². The number of nitrogens with one attached hydrogen (secondary N) is 4. The highest BCUT2D eigenvalue weighted by Gasteiger charge is 2.12. The zero-order chi connectivity index (χ0) is 18.0. The zero-order valence-electron chi connectivity index (χ0n) is 14.4. The van der Waals surface area contributed by atoms with Gasteiger partial charge >= 0.3 is 6.03 Å². The van der Waals surface area contributed by atoms with Crippen LogP contribution in [0.5, 0.6) is 0 Å². The van der Waals surface area contributed by atoms with Gasteiger partial charge in [-0.3, -0.25) is 4.79 Å². The molecule has 0 fully saturated rings. The third-order valence-corrected chi connectivity index (χ3v) is 3.94. The molecule has 0 saturated heterocycles. The molecule has 0 radical (unpaired) electrons. The first kappa shape index (κ1) is 16.6. The molecule has 128 valence electrons. The molecule has 6 nitrogen and oxygen atoms in total. The van der Waals surface area contributed by atoms with Gasteiger partial charge in [-0.1, -0.05) is 12.1 Å². The van der Waals surface area contributed by atoms with Crippen molar-refractivity contribution in [3.63, 3.8) is 0 Å². The van der Waals surface area contributed by atoms with E-state index >= 15 is 0 Å². The molecule has 2 aromatic carbocycles. The van der Waals surface area contributed by atoms with E-state index in [1.807, 2.05) is 26.0 Å². The Morgan fingerprint density at radius 1 is 0.960 bits per heavy atom. The molecule has 0 spiro atoms. The van der Waals surface area contributed by atoms with E-state index in [4.69, 9.17) is 0 Å². The van der Waals surface area contributed by atoms with Gasteiger partial charge in [-0.15, -0.1) is 0 Å². The minimum Gasteiger partial charge on any atom is -0.351 e. The van der Waals surface area contributed by atoms with E-state index in [9.17, 15) is 9.59 Å². The van der Waals surface area contributed by atoms with Gasteiger partial charge in [-0.05, 0) is 55.3 Å². The van der Waals surface area contributed by atoms with Gasteiger partial charge in [0.15, 0.2) is 0 Å². The molecule has 1 heterocycles. The molecule has 0 unspecified atom stereocenters. The van der Waals surface area contributed by atoms with Crippen LogP contribution in [-0.4, -0.2) is 24.0 Å². The summed E-state index contributed by atoms with van der Waals surface area (Å²) in [6.45, 7) is 4.05. The van der Waals surface area contributed by atoms with Gasteiger partial charge in [0.25, 0.3) is 5.91 Å². The van der Waals surface area contributed by atoms with Crippen molar-refractivity contribution in [2.24, 2.45) is 0 Å². The maximum Gasteiger partial charge on any atom is 0.318 e. The van der Waals surface area contributed by atoms with Crippen molar-refractivity contribution < 1.29 is 9.59 Å². The molecule has 1 aromatic heterocycles. The van der Waals surface area contributed by atoms with Gasteiger partial charge < -0.3 is 20.9 Å². The summed E-state index contributed by atoms with van der Waals surface area (Å²) in [5, 5.41) is 9.03. The van der Waals surface area contributed by atoms with Crippen LogP contribution in [0.3, 0.4) is 0 Å². The Kier molecular flexibility index (Phi) is 4.43. The zero-order valence-corrected chi connectivity index (χ0v) is 14.4. The standard InChI is InChI=1S/C19H20N4O2/c1-11-7-12(2)15-10-17(23-16(15)8-11)18(24)21-13-5-4-6-14(9-13)22-19(25)20-3/h4-10,23H,1-3H3,(H,21,24)(H2,20,22,25). The van der Waals surface area contributed by atoms with Crippen molar-refractivity contribution in [1.82, 2.24) is 10.3 Å². The number of carbonyl (C=O) groups is 2. The summed E-state index contributed by atoms with van der Waals surface area (Å²) >= 11 is 0. The molecule has 0 saturated carbocycles. The fraction of sp³-hybridized carbons (Fsp3) is 0.158. The van der Waals surface area contributed by atoms with E-state index in [1.54, 1.807) is 31.3 Å². The Morgan fingerprint density at radius 3 is 2.40 bits per heavy atom. The van der Waals surface area contributed by atoms with Crippen LogP contribution in [0.25, 0.3) is 10.9 Å². The van der Waals surface area contributed by atoms with Gasteiger partial charge in [-0.2, -0.15) is 0 Å². The molecule has 4 N–H and O–H groups in total. The number of rotatable bonds is 3. The summed E-state index contributed by atoms with van der Waals surface area (Å²) < 4.78 is 0. The predicted octanol–water partition coefficient (Wildman–Crippen LogP) is 3.79. The van der Waals surface area contributed by atoms with Crippen LogP contribution in [0, 0.1) is 13.8 Å². The lowest BCUT2D eigenvalue weighted by atomic mass is 10.1. The number of aryl methyl sites for hydroxylation is 2. The van der Waals surface area contributed by atoms with E-state index in [-0.39, 0.29) is 11.9 Å². The number of carbonyl (C=O) groups excluding carboxylic acids is 2. The van der Waals surface area contributed by atoms with Crippen LogP contribution < -0.4 is 16.0 Å². The number of amides is 3. The Labute approximate surface area is 145 Å². The quantitative estimate of drug-likeness (QED) is 0.586. The third kappa shape index (κ3) is 3.63. The van der Waals surface area contributed by atoms with Crippen LogP contribution >= 0.6 is 0 Å². The Morgan fingerprint density at radius 2 is 1.68 bits per heavy atom. The second-order valence-electron chi connectivity index (χ2n) is 5.97. The van der Waals surface area contributed by atoms with Crippen molar-refractivity contribution >= 4 is 34.2 Å². The average molecular weight is 336 g/mol. The summed E-state index contributed by atoms with van der Waals surface area (Å²) in [6, 6.07) is 12.6. The van der Waals surface area contributed by atoms with Gasteiger partial charge in [0.05, 0.1) is 0 Å². The summed E-state index contributed by atoms with van der Waals surface area (Å²) in [6.07, 6.45) is 0. The predicted molar refractivity (Wildman–Crippen MR) is 100 cm³/mol. The second-order valence-corrected chi connectivity index (χ2v) is 5.97. The number of aromatic amines is 1. The van der Waals surface area contributed by atoms with Gasteiger partial charge in [-0.25, -0.2) is 4.79 Å². The number of fused-ring (bicyclic) bond motifs is 1. The third-order valence-electron chi connectivity index (χ3n) is 3.94. The SMILES string of the molecule is CNC(=O)Nc1cccc(NC(=O)c2cc3c(C)cc(C)cc3[nH]2)c1. The first-order chi connectivity index (χ1) is 12.0. The summed E-state index contributed by atoms with van der Waals surface area (Å²) in [4.78, 5) is 27.1. The van der Waals surface area contributed by atoms with E-state index in [0.29, 0.717) is 17.1 Å². The van der Waals surface area contributed by atoms with Crippen LogP contribution in [0.1, 0.15) is 21.6 Å². The summed E-state index contributed by atoms with van der Waals surface area (Å²) in [5.74, 6) is -0.231. The van der Waals surface area contributed by atoms with E-state index in [1.165, 1.54) is 0 Å². The lowest BCUT2D eigenvalue weighted by molar-refractivity contribution is 0.102. The van der Waals surface area contributed by atoms with Gasteiger partial charge in [0, 0.05) is 29.3 Å². The van der Waals surface area contributed by atoms with E-state index < -0.39 is 0 Å². The molecule has 6 heteroatoms. The molecule has 3 amide bonds.